The van der Waals surface area contributed by atoms with Crippen molar-refractivity contribution >= 4 is 5.57 Å². The first-order valence-corrected chi connectivity index (χ1v) is 9.31. The van der Waals surface area contributed by atoms with Crippen molar-refractivity contribution in [1.29, 1.82) is 0 Å². The number of allylic oxidation sites excluding steroid dienone is 2. The van der Waals surface area contributed by atoms with Gasteiger partial charge >= 0.3 is 24.7 Å². The average Bonchev–Trinajstić information content (AvgIpc) is 2.64. The van der Waals surface area contributed by atoms with Crippen LogP contribution in [0.4, 0.5) is 52.7 Å². The molecule has 0 atom stereocenters. The molecule has 34 heavy (non-hydrogen) atoms. The van der Waals surface area contributed by atoms with Gasteiger partial charge < -0.3 is 0 Å². The van der Waals surface area contributed by atoms with Crippen LogP contribution in [0.5, 0.6) is 0 Å². The molecular formula is C22H16F12. The Labute approximate surface area is 185 Å². The lowest BCUT2D eigenvalue weighted by Crippen LogP contribution is -2.19. The highest BCUT2D eigenvalue weighted by atomic mass is 19.4. The van der Waals surface area contributed by atoms with E-state index >= 15 is 0 Å². The number of hydrogen-bond donors (Lipinski definition) is 0. The molecule has 0 fully saturated rings. The Bertz CT molecular complexity index is 1010. The molecule has 0 saturated heterocycles. The first-order valence-electron chi connectivity index (χ1n) is 9.31. The summed E-state index contributed by atoms with van der Waals surface area (Å²) in [6.45, 7) is 3.48. The van der Waals surface area contributed by atoms with Crippen molar-refractivity contribution in [2.24, 2.45) is 0 Å². The number of rotatable bonds is 3. The molecule has 0 spiro atoms. The molecule has 0 aliphatic rings. The van der Waals surface area contributed by atoms with Crippen LogP contribution < -0.4 is 0 Å². The molecule has 2 aromatic carbocycles. The Hall–Kier alpha value is -2.66. The first-order chi connectivity index (χ1) is 15.0. The van der Waals surface area contributed by atoms with Crippen molar-refractivity contribution in [3.05, 3.63) is 75.9 Å². The molecule has 0 radical (unpaired) electrons. The van der Waals surface area contributed by atoms with Crippen molar-refractivity contribution in [2.75, 3.05) is 0 Å². The van der Waals surface area contributed by atoms with Gasteiger partial charge in [-0.1, -0.05) is 19.9 Å². The van der Waals surface area contributed by atoms with Crippen molar-refractivity contribution in [2.45, 2.75) is 50.9 Å². The maximum absolute atomic E-state index is 13.2. The Morgan fingerprint density at radius 1 is 0.500 bits per heavy atom. The Morgan fingerprint density at radius 3 is 1.06 bits per heavy atom. The smallest absolute Gasteiger partial charge is 0.166 e. The van der Waals surface area contributed by atoms with E-state index in [9.17, 15) is 52.7 Å². The third-order valence-electron chi connectivity index (χ3n) is 4.95. The van der Waals surface area contributed by atoms with Gasteiger partial charge in [0.1, 0.15) is 0 Å². The summed E-state index contributed by atoms with van der Waals surface area (Å²) in [6, 6.07) is 1.57. The highest BCUT2D eigenvalue weighted by Crippen LogP contribution is 2.41. The van der Waals surface area contributed by atoms with Crippen LogP contribution in [0.2, 0.25) is 0 Å². The zero-order chi connectivity index (χ0) is 26.5. The Morgan fingerprint density at radius 2 is 0.765 bits per heavy atom. The minimum Gasteiger partial charge on any atom is -0.166 e. The Kier molecular flexibility index (Phi) is 6.92. The summed E-state index contributed by atoms with van der Waals surface area (Å²) in [5, 5.41) is 0. The van der Waals surface area contributed by atoms with E-state index in [1.165, 1.54) is 13.8 Å². The van der Waals surface area contributed by atoms with Crippen LogP contribution >= 0.6 is 0 Å². The minimum absolute atomic E-state index is 0.0848. The molecule has 0 heterocycles. The number of benzene rings is 2. The summed E-state index contributed by atoms with van der Waals surface area (Å²) in [7, 11) is 0. The first kappa shape index (κ1) is 27.6. The van der Waals surface area contributed by atoms with E-state index in [1.54, 1.807) is 0 Å². The predicted octanol–water partition coefficient (Wildman–Crippen LogP) is 9.14. The van der Waals surface area contributed by atoms with Crippen LogP contribution in [0.15, 0.2) is 42.5 Å². The molecule has 0 bridgehead atoms. The second-order valence-electron chi connectivity index (χ2n) is 8.14. The molecular weight excluding hydrogens is 492 g/mol. The van der Waals surface area contributed by atoms with Crippen molar-refractivity contribution < 1.29 is 52.7 Å². The molecule has 0 nitrogen and oxygen atoms in total. The molecule has 2 rings (SSSR count). The highest BCUT2D eigenvalue weighted by Gasteiger charge is 2.39. The van der Waals surface area contributed by atoms with Crippen LogP contribution in [0.25, 0.3) is 5.57 Å². The monoisotopic (exact) mass is 508 g/mol. The zero-order valence-corrected chi connectivity index (χ0v) is 17.6. The zero-order valence-electron chi connectivity index (χ0n) is 17.6. The molecule has 2 aromatic rings. The van der Waals surface area contributed by atoms with E-state index in [-0.39, 0.29) is 17.7 Å². The molecule has 0 aromatic heterocycles. The van der Waals surface area contributed by atoms with Crippen LogP contribution in [-0.2, 0) is 30.1 Å². The summed E-state index contributed by atoms with van der Waals surface area (Å²) < 4.78 is 158. The van der Waals surface area contributed by atoms with Crippen LogP contribution in [0.1, 0.15) is 54.2 Å². The van der Waals surface area contributed by atoms with E-state index in [0.717, 1.165) is 13.0 Å². The molecule has 12 heteroatoms. The van der Waals surface area contributed by atoms with Crippen molar-refractivity contribution in [3.8, 4) is 0 Å². The van der Waals surface area contributed by atoms with Gasteiger partial charge in [-0.25, -0.2) is 0 Å². The number of halogens is 12. The second kappa shape index (κ2) is 8.53. The van der Waals surface area contributed by atoms with Crippen molar-refractivity contribution in [1.82, 2.24) is 0 Å². The van der Waals surface area contributed by atoms with Gasteiger partial charge in [0.05, 0.1) is 22.3 Å². The van der Waals surface area contributed by atoms with Crippen LogP contribution in [0.3, 0.4) is 0 Å². The van der Waals surface area contributed by atoms with Crippen LogP contribution in [-0.4, -0.2) is 0 Å². The molecule has 188 valence electrons. The summed E-state index contributed by atoms with van der Waals surface area (Å²) in [6.07, 6.45) is -19.5. The largest absolute Gasteiger partial charge is 0.416 e. The molecule has 0 aliphatic carbocycles. The lowest BCUT2D eigenvalue weighted by molar-refractivity contribution is -0.144. The van der Waals surface area contributed by atoms with Gasteiger partial charge in [0.15, 0.2) is 0 Å². The van der Waals surface area contributed by atoms with Gasteiger partial charge in [0.2, 0.25) is 0 Å². The summed E-state index contributed by atoms with van der Waals surface area (Å²) in [4.78, 5) is 0. The van der Waals surface area contributed by atoms with Gasteiger partial charge in [-0.2, -0.15) is 52.7 Å². The second-order valence-corrected chi connectivity index (χ2v) is 8.14. The molecule has 0 amide bonds. The van der Waals surface area contributed by atoms with Crippen molar-refractivity contribution in [3.63, 3.8) is 0 Å². The molecule has 0 saturated carbocycles. The third kappa shape index (κ3) is 6.47. The summed E-state index contributed by atoms with van der Waals surface area (Å²) in [5.74, 6) is 0. The fraction of sp³-hybridized carbons (Fsp3) is 0.364. The quantitative estimate of drug-likeness (QED) is 0.363. The normalized spacial score (nSPS) is 14.5. The van der Waals surface area contributed by atoms with Gasteiger partial charge in [0.25, 0.3) is 0 Å². The maximum atomic E-state index is 13.2. The highest BCUT2D eigenvalue weighted by molar-refractivity contribution is 5.67. The number of alkyl halides is 12. The maximum Gasteiger partial charge on any atom is 0.416 e. The average molecular weight is 508 g/mol. The van der Waals surface area contributed by atoms with Crippen LogP contribution in [0, 0.1) is 0 Å². The van der Waals surface area contributed by atoms with Gasteiger partial charge in [-0.3, -0.25) is 0 Å². The van der Waals surface area contributed by atoms with E-state index < -0.39 is 63.5 Å². The lowest BCUT2D eigenvalue weighted by Gasteiger charge is -2.25. The topological polar surface area (TPSA) is 0 Å². The fourth-order valence-electron chi connectivity index (χ4n) is 3.22. The molecule has 0 unspecified atom stereocenters. The lowest BCUT2D eigenvalue weighted by atomic mass is 9.80. The fourth-order valence-corrected chi connectivity index (χ4v) is 3.22. The van der Waals surface area contributed by atoms with E-state index in [4.69, 9.17) is 0 Å². The standard InChI is InChI=1S/C22H16F12/c1-11(12-4-14(19(23,24)25)8-15(5-12)20(26,27)28)10-18(2,3)13-6-16(21(29,30)31)9-17(7-13)22(32,33)34/h4-10H,1-3H3/b11-10+. The van der Waals surface area contributed by atoms with Gasteiger partial charge in [0, 0.05) is 5.41 Å². The minimum atomic E-state index is -5.13. The molecule has 0 N–H and O–H groups in total. The summed E-state index contributed by atoms with van der Waals surface area (Å²) in [5.41, 5.74) is -9.31. The van der Waals surface area contributed by atoms with E-state index in [2.05, 4.69) is 0 Å². The SMILES string of the molecule is C/C(=C\C(C)(C)c1cc(C(F)(F)F)cc(C(F)(F)F)c1)c1cc(C(F)(F)F)cc(C(F)(F)F)c1. The number of hydrogen-bond acceptors (Lipinski definition) is 0. The molecule has 0 aliphatic heterocycles. The van der Waals surface area contributed by atoms with E-state index in [1.807, 2.05) is 0 Å². The predicted molar refractivity (Wildman–Crippen MR) is 99.6 cm³/mol. The van der Waals surface area contributed by atoms with E-state index in [0.29, 0.717) is 24.3 Å². The van der Waals surface area contributed by atoms with Gasteiger partial charge in [-0.15, -0.1) is 0 Å². The van der Waals surface area contributed by atoms with Gasteiger partial charge in [-0.05, 0) is 60.0 Å². The summed E-state index contributed by atoms with van der Waals surface area (Å²) >= 11 is 0. The third-order valence-corrected chi connectivity index (χ3v) is 4.95. The Balaban J connectivity index is 2.70.